The zero-order valence-corrected chi connectivity index (χ0v) is 16.9. The predicted octanol–water partition coefficient (Wildman–Crippen LogP) is 4.42. The van der Waals surface area contributed by atoms with Crippen molar-refractivity contribution in [1.82, 2.24) is 19.9 Å². The van der Waals surface area contributed by atoms with Gasteiger partial charge < -0.3 is 0 Å². The molecule has 1 aromatic carbocycles. The van der Waals surface area contributed by atoms with Crippen LogP contribution in [0.15, 0.2) is 72.0 Å². The first kappa shape index (κ1) is 20.4. The Morgan fingerprint density at radius 2 is 1.39 bits per heavy atom. The highest BCUT2D eigenvalue weighted by atomic mass is 19.1. The van der Waals surface area contributed by atoms with Gasteiger partial charge in [0.15, 0.2) is 11.6 Å². The number of hydrogen-bond donors (Lipinski definition) is 0. The summed E-state index contributed by atoms with van der Waals surface area (Å²) in [6, 6.07) is 13.2. The number of carbonyl (C=O) groups is 2. The Morgan fingerprint density at radius 1 is 0.758 bits per heavy atom. The van der Waals surface area contributed by atoms with Gasteiger partial charge in [-0.3, -0.25) is 19.6 Å². The smallest absolute Gasteiger partial charge is 0.228 e. The molecule has 160 valence electrons. The third kappa shape index (κ3) is 3.80. The summed E-state index contributed by atoms with van der Waals surface area (Å²) in [7, 11) is 0. The van der Waals surface area contributed by atoms with Crippen molar-refractivity contribution in [2.75, 3.05) is 0 Å². The molecule has 0 atom stereocenters. The maximum absolute atomic E-state index is 14.1. The number of hydrogen-bond acceptors (Lipinski definition) is 7. The van der Waals surface area contributed by atoms with Gasteiger partial charge in [-0.2, -0.15) is 0 Å². The van der Waals surface area contributed by atoms with E-state index >= 15 is 0 Å². The number of carbonyl (C=O) groups excluding carboxylic acids is 2. The van der Waals surface area contributed by atoms with Crippen LogP contribution in [0.25, 0.3) is 22.8 Å². The Kier molecular flexibility index (Phi) is 5.06. The van der Waals surface area contributed by atoms with Crippen LogP contribution in [-0.2, 0) is 0 Å². The van der Waals surface area contributed by atoms with E-state index in [4.69, 9.17) is 0 Å². The number of Topliss-reactive ketones (excluding diaryl/α,β-unsaturated/α-hetero) is 2. The highest BCUT2D eigenvalue weighted by Gasteiger charge is 2.34. The molecule has 33 heavy (non-hydrogen) atoms. The van der Waals surface area contributed by atoms with Crippen molar-refractivity contribution < 1.29 is 18.4 Å². The number of fused-ring (bicyclic) bond motifs is 1. The lowest BCUT2D eigenvalue weighted by Gasteiger charge is -2.17. The molecule has 0 N–H and O–H groups in total. The summed E-state index contributed by atoms with van der Waals surface area (Å²) in [5.74, 6) is -2.88. The van der Waals surface area contributed by atoms with Gasteiger partial charge in [-0.25, -0.2) is 23.7 Å². The fraction of sp³-hybridized carbons (Fsp3) is 0.0417. The molecule has 0 saturated carbocycles. The molecule has 1 aliphatic carbocycles. The predicted molar refractivity (Wildman–Crippen MR) is 115 cm³/mol. The minimum atomic E-state index is -0.945. The van der Waals surface area contributed by atoms with Gasteiger partial charge in [0, 0.05) is 18.5 Å². The minimum absolute atomic E-state index is 0.112. The number of ketones is 2. The van der Waals surface area contributed by atoms with E-state index in [0.717, 1.165) is 12.1 Å². The van der Waals surface area contributed by atoms with E-state index in [2.05, 4.69) is 24.9 Å². The summed E-state index contributed by atoms with van der Waals surface area (Å²) in [5, 5.41) is 0. The van der Waals surface area contributed by atoms with Crippen LogP contribution < -0.4 is 0 Å². The summed E-state index contributed by atoms with van der Waals surface area (Å²) in [6.07, 6.45) is 2.76. The lowest BCUT2D eigenvalue weighted by atomic mass is 9.94. The first-order valence-electron chi connectivity index (χ1n) is 9.86. The van der Waals surface area contributed by atoms with Crippen molar-refractivity contribution in [2.24, 2.45) is 4.99 Å². The monoisotopic (exact) mass is 441 g/mol. The normalized spacial score (nSPS) is 14.4. The summed E-state index contributed by atoms with van der Waals surface area (Å²) in [6.45, 7) is 0. The van der Waals surface area contributed by atoms with Gasteiger partial charge in [-0.1, -0.05) is 12.1 Å². The fourth-order valence-corrected chi connectivity index (χ4v) is 3.41. The number of rotatable bonds is 3. The molecule has 0 saturated heterocycles. The molecule has 0 aliphatic heterocycles. The highest BCUT2D eigenvalue weighted by Crippen LogP contribution is 2.30. The van der Waals surface area contributed by atoms with Gasteiger partial charge in [-0.15, -0.1) is 0 Å². The lowest BCUT2D eigenvalue weighted by Crippen LogP contribution is -2.30. The number of benzene rings is 1. The van der Waals surface area contributed by atoms with Gasteiger partial charge in [-0.05, 0) is 36.4 Å². The molecular formula is C24H13F2N5O2. The maximum atomic E-state index is 14.1. The molecule has 3 heterocycles. The van der Waals surface area contributed by atoms with Gasteiger partial charge in [0.1, 0.15) is 28.6 Å². The van der Waals surface area contributed by atoms with E-state index in [9.17, 15) is 18.4 Å². The minimum Gasteiger partial charge on any atom is -0.292 e. The maximum Gasteiger partial charge on any atom is 0.228 e. The van der Waals surface area contributed by atoms with Crippen LogP contribution in [0.3, 0.4) is 0 Å². The molecule has 4 aromatic rings. The summed E-state index contributed by atoms with van der Waals surface area (Å²) in [5.41, 5.74) is 0.696. The Morgan fingerprint density at radius 3 is 1.97 bits per heavy atom. The van der Waals surface area contributed by atoms with E-state index in [1.54, 1.807) is 48.8 Å². The molecule has 0 fully saturated rings. The third-order valence-electron chi connectivity index (χ3n) is 4.95. The number of aliphatic imine (C=N–C) groups is 1. The first-order valence-corrected chi connectivity index (χ1v) is 9.86. The average Bonchev–Trinajstić information content (AvgIpc) is 2.84. The summed E-state index contributed by atoms with van der Waals surface area (Å²) < 4.78 is 27.3. The number of halogens is 2. The lowest BCUT2D eigenvalue weighted by molar-refractivity contribution is 0.0957. The molecule has 1 aliphatic rings. The van der Waals surface area contributed by atoms with E-state index < -0.39 is 23.2 Å². The Labute approximate surface area is 185 Å². The standard InChI is InChI=1S/C24H13F2N5O2/c25-13-7-8-15(14(26)11-13)29-18-12-19(32)22-23(24(18)33)31-21(17-6-2-4-10-28-17)20(30-22)16-5-1-3-9-27-16/h1-11H,12H2. The van der Waals surface area contributed by atoms with Crippen molar-refractivity contribution in [3.8, 4) is 22.8 Å². The number of pyridine rings is 2. The topological polar surface area (TPSA) is 98.1 Å². The molecule has 7 nitrogen and oxygen atoms in total. The highest BCUT2D eigenvalue weighted by molar-refractivity contribution is 6.52. The molecule has 0 spiro atoms. The fourth-order valence-electron chi connectivity index (χ4n) is 3.41. The van der Waals surface area contributed by atoms with Gasteiger partial charge in [0.2, 0.25) is 5.78 Å². The molecular weight excluding hydrogens is 428 g/mol. The van der Waals surface area contributed by atoms with Crippen molar-refractivity contribution in [1.29, 1.82) is 0 Å². The van der Waals surface area contributed by atoms with Crippen LogP contribution >= 0.6 is 0 Å². The average molecular weight is 441 g/mol. The molecule has 3 aromatic heterocycles. The van der Waals surface area contributed by atoms with E-state index in [1.165, 1.54) is 0 Å². The van der Waals surface area contributed by atoms with E-state index in [0.29, 0.717) is 23.1 Å². The first-order chi connectivity index (χ1) is 16.0. The van der Waals surface area contributed by atoms with Crippen LogP contribution in [0.1, 0.15) is 27.4 Å². The molecule has 0 unspecified atom stereocenters. The quantitative estimate of drug-likeness (QED) is 0.467. The second kappa shape index (κ2) is 8.19. The molecule has 0 bridgehead atoms. The van der Waals surface area contributed by atoms with Crippen LogP contribution in [0, 0.1) is 11.6 Å². The van der Waals surface area contributed by atoms with Crippen LogP contribution in [-0.4, -0.2) is 37.2 Å². The third-order valence-corrected chi connectivity index (χ3v) is 4.95. The Hall–Kier alpha value is -4.53. The Balaban J connectivity index is 1.68. The SMILES string of the molecule is O=C1CC(=Nc2ccc(F)cc2F)C(=O)c2nc(-c3ccccn3)c(-c3ccccn3)nc21. The molecule has 0 amide bonds. The van der Waals surface area contributed by atoms with Gasteiger partial charge in [0.05, 0.1) is 29.2 Å². The van der Waals surface area contributed by atoms with Crippen molar-refractivity contribution in [2.45, 2.75) is 6.42 Å². The zero-order valence-electron chi connectivity index (χ0n) is 16.9. The summed E-state index contributed by atoms with van der Waals surface area (Å²) >= 11 is 0. The number of nitrogens with zero attached hydrogens (tertiary/aromatic N) is 5. The number of aromatic nitrogens is 4. The second-order valence-corrected chi connectivity index (χ2v) is 7.13. The van der Waals surface area contributed by atoms with Crippen LogP contribution in [0.4, 0.5) is 14.5 Å². The Bertz CT molecular complexity index is 1440. The van der Waals surface area contributed by atoms with E-state index in [-0.39, 0.29) is 34.9 Å². The van der Waals surface area contributed by atoms with Gasteiger partial charge >= 0.3 is 0 Å². The van der Waals surface area contributed by atoms with Crippen molar-refractivity contribution >= 4 is 23.0 Å². The second-order valence-electron chi connectivity index (χ2n) is 7.13. The molecule has 0 radical (unpaired) electrons. The zero-order chi connectivity index (χ0) is 22.9. The van der Waals surface area contributed by atoms with Crippen LogP contribution in [0.5, 0.6) is 0 Å². The summed E-state index contributed by atoms with van der Waals surface area (Å²) in [4.78, 5) is 47.5. The largest absolute Gasteiger partial charge is 0.292 e. The van der Waals surface area contributed by atoms with Crippen molar-refractivity contribution in [3.05, 3.63) is 90.0 Å². The van der Waals surface area contributed by atoms with Crippen molar-refractivity contribution in [3.63, 3.8) is 0 Å². The van der Waals surface area contributed by atoms with E-state index in [1.807, 2.05) is 0 Å². The van der Waals surface area contributed by atoms with Gasteiger partial charge in [0.25, 0.3) is 0 Å². The van der Waals surface area contributed by atoms with Crippen LogP contribution in [0.2, 0.25) is 0 Å². The molecule has 9 heteroatoms. The molecule has 5 rings (SSSR count).